The number of benzene rings is 4. The molecule has 0 N–H and O–H groups in total. The Kier molecular flexibility index (Phi) is 18.8. The Bertz CT molecular complexity index is 4590. The summed E-state index contributed by atoms with van der Waals surface area (Å²) < 4.78 is 31.4. The van der Waals surface area contributed by atoms with Gasteiger partial charge in [-0.2, -0.15) is 13.7 Å². The summed E-state index contributed by atoms with van der Waals surface area (Å²) in [6.07, 6.45) is 9.40. The molecule has 0 bridgehead atoms. The van der Waals surface area contributed by atoms with Crippen molar-refractivity contribution in [3.63, 3.8) is 0 Å². The molecular weight excluding hydrogens is 1380 g/mol. The number of carbonyl (C=O) groups excluding carboxylic acids is 1. The Morgan fingerprint density at radius 2 is 0.927 bits per heavy atom. The Hall–Kier alpha value is -6.66. The highest BCUT2D eigenvalue weighted by atomic mass is 35.5. The van der Waals surface area contributed by atoms with Crippen molar-refractivity contribution in [1.82, 2.24) is 0 Å². The van der Waals surface area contributed by atoms with Crippen LogP contribution in [0.4, 0.5) is 28.4 Å². The number of anilines is 5. The molecule has 0 amide bonds. The predicted octanol–water partition coefficient (Wildman–Crippen LogP) is 15.4. The number of esters is 1. The fourth-order valence-corrected chi connectivity index (χ4v) is 16.7. The largest absolute Gasteiger partial charge is 0.519 e. The zero-order valence-electron chi connectivity index (χ0n) is 55.4. The number of fused-ring (bicyclic) bond motifs is 7. The van der Waals surface area contributed by atoms with E-state index in [0.717, 1.165) is 95.7 Å². The van der Waals surface area contributed by atoms with Crippen molar-refractivity contribution < 1.29 is 41.8 Å². The second-order valence-electron chi connectivity index (χ2n) is 26.4. The molecule has 14 nitrogen and oxygen atoms in total. The third-order valence-corrected chi connectivity index (χ3v) is 21.7. The standard InChI is InChI=1S/C74H75Cl8N10O4/c1-41-25-46(75)30-58(79)68(41)63-37-53(14-19-89(63)40-74(95-43(3)42(2)44(4)96-74)57-39-88-18-13-50(83(5)6)34-64(88)70-55(57)28-48(77)32-60(70)81)86(11)23-24-87(12)54-17-20-90-62(56-29-49(78)33-61(82)71(56)66(90)38-54)27-45-26-47(76)31-59(80)69(45)65-35-51(84(7)8)15-21-91(65)73-92-22-16-52(85(9)10)36-67(92)72(93)94-73/h13-22,25-26,28-38,42-44,57,62,73H,23-24,27,39-40H2,1-12H3/q+5. The van der Waals surface area contributed by atoms with Crippen molar-refractivity contribution in [2.24, 2.45) is 5.92 Å². The molecule has 4 aliphatic heterocycles. The van der Waals surface area contributed by atoms with Crippen LogP contribution in [0.3, 0.4) is 0 Å². The summed E-state index contributed by atoms with van der Waals surface area (Å²) in [5, 5.41) is 4.10. The molecule has 4 aliphatic rings. The summed E-state index contributed by atoms with van der Waals surface area (Å²) in [5.74, 6) is -1.92. The molecule has 9 heterocycles. The molecule has 0 radical (unpaired) electrons. The van der Waals surface area contributed by atoms with Crippen molar-refractivity contribution in [2.45, 2.75) is 83.5 Å². The second-order valence-corrected chi connectivity index (χ2v) is 29.8. The number of aryl methyl sites for hydroxylation is 1. The molecule has 9 aromatic rings. The molecule has 96 heavy (non-hydrogen) atoms. The maximum atomic E-state index is 13.7. The van der Waals surface area contributed by atoms with Crippen LogP contribution in [-0.2, 0) is 33.7 Å². The summed E-state index contributed by atoms with van der Waals surface area (Å²) in [4.78, 5) is 24.2. The molecule has 5 atom stereocenters. The topological polar surface area (TPSA) is 80.4 Å². The molecule has 1 saturated heterocycles. The van der Waals surface area contributed by atoms with Gasteiger partial charge >= 0.3 is 18.0 Å². The summed E-state index contributed by atoms with van der Waals surface area (Å²) in [7, 11) is 16.1. The van der Waals surface area contributed by atoms with Gasteiger partial charge in [0.2, 0.25) is 35.1 Å². The maximum absolute atomic E-state index is 13.7. The Morgan fingerprint density at radius 1 is 0.479 bits per heavy atom. The van der Waals surface area contributed by atoms with Crippen LogP contribution < -0.4 is 47.3 Å². The smallest absolute Gasteiger partial charge is 0.377 e. The average Bonchev–Trinajstić information content (AvgIpc) is 0.993. The highest BCUT2D eigenvalue weighted by Gasteiger charge is 2.57. The van der Waals surface area contributed by atoms with E-state index < -0.39 is 18.1 Å². The molecule has 496 valence electrons. The van der Waals surface area contributed by atoms with Gasteiger partial charge in [-0.1, -0.05) is 109 Å². The number of halogens is 8. The normalized spacial score (nSPS) is 19.9. The highest BCUT2D eigenvalue weighted by Crippen LogP contribution is 2.50. The van der Waals surface area contributed by atoms with Gasteiger partial charge in [0.1, 0.15) is 5.92 Å². The lowest BCUT2D eigenvalue weighted by atomic mass is 9.81. The molecule has 5 unspecified atom stereocenters. The number of rotatable bonds is 16. The summed E-state index contributed by atoms with van der Waals surface area (Å²) >= 11 is 56.9. The van der Waals surface area contributed by atoms with Crippen LogP contribution in [0.15, 0.2) is 140 Å². The van der Waals surface area contributed by atoms with E-state index in [2.05, 4.69) is 124 Å². The number of aromatic nitrogens is 5. The van der Waals surface area contributed by atoms with Gasteiger partial charge in [0.15, 0.2) is 43.6 Å². The molecule has 13 rings (SSSR count). The fourth-order valence-electron chi connectivity index (χ4n) is 14.2. The summed E-state index contributed by atoms with van der Waals surface area (Å²) in [6, 6.07) is 35.6. The molecular formula is C74H75Cl8N10O4+5. The van der Waals surface area contributed by atoms with Crippen LogP contribution in [0.2, 0.25) is 40.2 Å². The van der Waals surface area contributed by atoms with E-state index in [1.54, 1.807) is 18.2 Å². The van der Waals surface area contributed by atoms with Crippen molar-refractivity contribution in [3.05, 3.63) is 208 Å². The minimum atomic E-state index is -1.22. The molecule has 4 aromatic carbocycles. The van der Waals surface area contributed by atoms with Crippen LogP contribution in [0.5, 0.6) is 0 Å². The Labute approximate surface area is 601 Å². The van der Waals surface area contributed by atoms with Gasteiger partial charge in [0, 0.05) is 197 Å². The SMILES string of the molecule is Cc1cc(Cl)cc(Cl)c1-c1cc(N(C)CCN(C)c2cc[n+]3c(c2)-c2c(Cl)cc(Cl)cc2C3Cc2cc(Cl)cc(Cl)c2-c2cc(N(C)C)cc[n+]2C2OC(=O)c3cc(N(C)C)cc[n+]32)cc[n+]1CC1(C2C[n+]3ccc(N(C)C)cc3-c3c(Cl)cc(Cl)cc32)OC(C)C(C)C(C)O1. The molecule has 0 aliphatic carbocycles. The number of carbonyl (C=O) groups is 1. The summed E-state index contributed by atoms with van der Waals surface area (Å²) in [6.45, 7) is 10.6. The zero-order chi connectivity index (χ0) is 68.2. The minimum absolute atomic E-state index is 0.101. The molecule has 0 spiro atoms. The number of pyridine rings is 5. The van der Waals surface area contributed by atoms with Gasteiger partial charge in [0.05, 0.1) is 54.6 Å². The maximum Gasteiger partial charge on any atom is 0.519 e. The first-order valence-corrected chi connectivity index (χ1v) is 34.9. The van der Waals surface area contributed by atoms with Gasteiger partial charge < -0.3 is 38.7 Å². The first-order valence-electron chi connectivity index (χ1n) is 31.8. The minimum Gasteiger partial charge on any atom is -0.377 e. The Morgan fingerprint density at radius 3 is 1.52 bits per heavy atom. The zero-order valence-corrected chi connectivity index (χ0v) is 61.5. The van der Waals surface area contributed by atoms with Gasteiger partial charge in [-0.05, 0) is 86.0 Å². The third-order valence-electron chi connectivity index (χ3n) is 19.7. The number of likely N-dealkylation sites (N-methyl/N-ethyl adjacent to an activating group) is 2. The van der Waals surface area contributed by atoms with E-state index in [1.165, 1.54) is 0 Å². The van der Waals surface area contributed by atoms with Gasteiger partial charge in [-0.15, -0.1) is 0 Å². The lowest BCUT2D eigenvalue weighted by Crippen LogP contribution is -2.64. The quantitative estimate of drug-likeness (QED) is 0.0694. The Balaban J connectivity index is 0.823. The van der Waals surface area contributed by atoms with Crippen molar-refractivity contribution in [2.75, 3.05) is 94.0 Å². The summed E-state index contributed by atoms with van der Waals surface area (Å²) in [5.41, 5.74) is 15.7. The number of hydrogen-bond donors (Lipinski definition) is 0. The van der Waals surface area contributed by atoms with Crippen LogP contribution in [0.25, 0.3) is 45.0 Å². The van der Waals surface area contributed by atoms with Crippen LogP contribution in [-0.4, -0.2) is 93.4 Å². The van der Waals surface area contributed by atoms with Crippen LogP contribution >= 0.6 is 92.8 Å². The fraction of sp³-hybridized carbons (Fsp3) is 0.324. The van der Waals surface area contributed by atoms with Crippen molar-refractivity contribution >= 4 is 127 Å². The van der Waals surface area contributed by atoms with Crippen LogP contribution in [0.1, 0.15) is 71.8 Å². The first-order chi connectivity index (χ1) is 45.7. The predicted molar refractivity (Wildman–Crippen MR) is 387 cm³/mol. The van der Waals surface area contributed by atoms with Crippen molar-refractivity contribution in [3.8, 4) is 45.0 Å². The van der Waals surface area contributed by atoms with E-state index in [4.69, 9.17) is 107 Å². The molecule has 5 aromatic heterocycles. The van der Waals surface area contributed by atoms with Crippen molar-refractivity contribution in [1.29, 1.82) is 0 Å². The number of ether oxygens (including phenoxy) is 3. The molecule has 22 heteroatoms. The lowest BCUT2D eigenvalue weighted by molar-refractivity contribution is -0.966. The molecule has 1 fully saturated rings. The average molecular weight is 1450 g/mol. The first kappa shape index (κ1) is 67.9. The molecule has 0 saturated carbocycles. The van der Waals surface area contributed by atoms with E-state index >= 15 is 0 Å². The van der Waals surface area contributed by atoms with Gasteiger partial charge in [-0.25, -0.2) is 4.79 Å². The van der Waals surface area contributed by atoms with E-state index in [-0.39, 0.29) is 36.6 Å². The third kappa shape index (κ3) is 12.5. The number of hydrogen-bond acceptors (Lipinski definition) is 9. The second kappa shape index (κ2) is 26.5. The monoisotopic (exact) mass is 1450 g/mol. The lowest BCUT2D eigenvalue weighted by Gasteiger charge is -2.48. The van der Waals surface area contributed by atoms with E-state index in [9.17, 15) is 4.79 Å². The van der Waals surface area contributed by atoms with E-state index in [0.29, 0.717) is 71.9 Å². The van der Waals surface area contributed by atoms with Gasteiger partial charge in [0.25, 0.3) is 0 Å². The van der Waals surface area contributed by atoms with E-state index in [1.807, 2.05) is 129 Å². The number of nitrogens with zero attached hydrogens (tertiary/aromatic N) is 10. The number of cyclic esters (lactones) is 1. The van der Waals surface area contributed by atoms with Crippen LogP contribution in [0, 0.1) is 12.8 Å². The van der Waals surface area contributed by atoms with Gasteiger partial charge in [-0.3, -0.25) is 0 Å². The highest BCUT2D eigenvalue weighted by molar-refractivity contribution is 6.38.